The van der Waals surface area contributed by atoms with Crippen molar-refractivity contribution in [1.29, 1.82) is 0 Å². The fraction of sp³-hybridized carbons (Fsp3) is 0.462. The van der Waals surface area contributed by atoms with Gasteiger partial charge in [-0.05, 0) is 43.5 Å². The fourth-order valence-corrected chi connectivity index (χ4v) is 2.05. The molecule has 0 heterocycles. The number of hydrogen-bond acceptors (Lipinski definition) is 2. The van der Waals surface area contributed by atoms with Gasteiger partial charge in [-0.25, -0.2) is 0 Å². The summed E-state index contributed by atoms with van der Waals surface area (Å²) in [6, 6.07) is 4.96. The molecule has 2 N–H and O–H groups in total. The van der Waals surface area contributed by atoms with E-state index >= 15 is 0 Å². The zero-order chi connectivity index (χ0) is 12.8. The summed E-state index contributed by atoms with van der Waals surface area (Å²) in [4.78, 5) is 12.0. The highest BCUT2D eigenvalue weighted by atomic mass is 35.5. The molecule has 94 valence electrons. The molecule has 0 aromatic heterocycles. The first-order valence-electron chi connectivity index (χ1n) is 5.73. The molecule has 1 aromatic carbocycles. The lowest BCUT2D eigenvalue weighted by molar-refractivity contribution is 0.0974. The van der Waals surface area contributed by atoms with Crippen LogP contribution in [0.1, 0.15) is 36.5 Å². The molecule has 0 spiro atoms. The highest BCUT2D eigenvalue weighted by Crippen LogP contribution is 2.23. The number of hydrogen-bond donors (Lipinski definition) is 1. The van der Waals surface area contributed by atoms with Crippen LogP contribution in [0.2, 0.25) is 10.0 Å². The number of rotatable bonds is 6. The van der Waals surface area contributed by atoms with Gasteiger partial charge in [0.25, 0.3) is 0 Å². The molecule has 1 rings (SSSR count). The molecule has 0 aliphatic heterocycles. The average molecular weight is 274 g/mol. The molecule has 0 amide bonds. The monoisotopic (exact) mass is 273 g/mol. The Kier molecular flexibility index (Phi) is 5.96. The number of carbonyl (C=O) groups is 1. The van der Waals surface area contributed by atoms with Crippen LogP contribution in [0.5, 0.6) is 0 Å². The number of ketones is 1. The van der Waals surface area contributed by atoms with Gasteiger partial charge in [0.1, 0.15) is 0 Å². The molecule has 0 saturated heterocycles. The van der Waals surface area contributed by atoms with E-state index < -0.39 is 0 Å². The quantitative estimate of drug-likeness (QED) is 0.798. The average Bonchev–Trinajstić information content (AvgIpc) is 2.29. The smallest absolute Gasteiger partial charge is 0.164 e. The van der Waals surface area contributed by atoms with Crippen molar-refractivity contribution in [3.8, 4) is 0 Å². The van der Waals surface area contributed by atoms with Crippen LogP contribution in [-0.2, 0) is 0 Å². The molecule has 4 heteroatoms. The Morgan fingerprint density at radius 1 is 1.35 bits per heavy atom. The van der Waals surface area contributed by atoms with Crippen LogP contribution in [0.3, 0.4) is 0 Å². The Balaban J connectivity index is 2.61. The molecular weight excluding hydrogens is 257 g/mol. The van der Waals surface area contributed by atoms with Gasteiger partial charge in [0, 0.05) is 17.0 Å². The maximum atomic E-state index is 12.0. The summed E-state index contributed by atoms with van der Waals surface area (Å²) < 4.78 is 0. The van der Waals surface area contributed by atoms with Gasteiger partial charge in [0.2, 0.25) is 0 Å². The van der Waals surface area contributed by atoms with Crippen molar-refractivity contribution in [3.05, 3.63) is 33.8 Å². The van der Waals surface area contributed by atoms with E-state index in [4.69, 9.17) is 28.9 Å². The molecular formula is C13H17Cl2NO. The molecule has 1 unspecified atom stereocenters. The second kappa shape index (κ2) is 7.00. The molecule has 1 atom stereocenters. The molecule has 17 heavy (non-hydrogen) atoms. The van der Waals surface area contributed by atoms with Gasteiger partial charge < -0.3 is 5.73 Å². The lowest BCUT2D eigenvalue weighted by Gasteiger charge is -2.09. The summed E-state index contributed by atoms with van der Waals surface area (Å²) in [5.41, 5.74) is 5.98. The van der Waals surface area contributed by atoms with Crippen molar-refractivity contribution in [2.75, 3.05) is 6.54 Å². The van der Waals surface area contributed by atoms with Crippen LogP contribution in [0.25, 0.3) is 0 Å². The summed E-state index contributed by atoms with van der Waals surface area (Å²) >= 11 is 11.8. The van der Waals surface area contributed by atoms with E-state index in [0.29, 0.717) is 34.5 Å². The molecule has 0 aliphatic carbocycles. The first-order valence-corrected chi connectivity index (χ1v) is 6.48. The van der Waals surface area contributed by atoms with Gasteiger partial charge in [-0.2, -0.15) is 0 Å². The Labute approximate surface area is 112 Å². The van der Waals surface area contributed by atoms with Crippen LogP contribution in [0, 0.1) is 5.92 Å². The third kappa shape index (κ3) is 4.66. The van der Waals surface area contributed by atoms with E-state index in [1.54, 1.807) is 18.2 Å². The standard InChI is InChI=1S/C13H17Cl2NO/c1-9(6-7-16)2-5-13(17)11-8-10(14)3-4-12(11)15/h3-4,8-9H,2,5-7,16H2,1H3. The largest absolute Gasteiger partial charge is 0.330 e. The summed E-state index contributed by atoms with van der Waals surface area (Å²) in [6.45, 7) is 2.76. The summed E-state index contributed by atoms with van der Waals surface area (Å²) in [5.74, 6) is 0.503. The van der Waals surface area contributed by atoms with Crippen LogP contribution >= 0.6 is 23.2 Å². The third-order valence-corrected chi connectivity index (χ3v) is 3.32. The minimum Gasteiger partial charge on any atom is -0.330 e. The first kappa shape index (κ1) is 14.5. The van der Waals surface area contributed by atoms with Crippen molar-refractivity contribution >= 4 is 29.0 Å². The number of benzene rings is 1. The highest BCUT2D eigenvalue weighted by Gasteiger charge is 2.12. The van der Waals surface area contributed by atoms with Crippen LogP contribution in [0.15, 0.2) is 18.2 Å². The normalized spacial score (nSPS) is 12.5. The molecule has 0 saturated carbocycles. The van der Waals surface area contributed by atoms with E-state index in [2.05, 4.69) is 6.92 Å². The number of nitrogens with two attached hydrogens (primary N) is 1. The van der Waals surface area contributed by atoms with Crippen LogP contribution in [0.4, 0.5) is 0 Å². The molecule has 0 fully saturated rings. The molecule has 0 bridgehead atoms. The van der Waals surface area contributed by atoms with Gasteiger partial charge in [-0.1, -0.05) is 30.1 Å². The van der Waals surface area contributed by atoms with Gasteiger partial charge in [0.15, 0.2) is 5.78 Å². The first-order chi connectivity index (χ1) is 8.04. The minimum absolute atomic E-state index is 0.0429. The van der Waals surface area contributed by atoms with E-state index in [-0.39, 0.29) is 5.78 Å². The van der Waals surface area contributed by atoms with Crippen LogP contribution < -0.4 is 5.73 Å². The van der Waals surface area contributed by atoms with Crippen molar-refractivity contribution in [2.24, 2.45) is 11.7 Å². The molecule has 2 nitrogen and oxygen atoms in total. The molecule has 1 aromatic rings. The van der Waals surface area contributed by atoms with Gasteiger partial charge in [-0.3, -0.25) is 4.79 Å². The number of carbonyl (C=O) groups excluding carboxylic acids is 1. The Hall–Kier alpha value is -0.570. The maximum absolute atomic E-state index is 12.0. The predicted molar refractivity (Wildman–Crippen MR) is 72.9 cm³/mol. The predicted octanol–water partition coefficient (Wildman–Crippen LogP) is 3.94. The number of halogens is 2. The Bertz CT molecular complexity index is 393. The van der Waals surface area contributed by atoms with E-state index in [0.717, 1.165) is 12.8 Å². The third-order valence-electron chi connectivity index (χ3n) is 2.75. The van der Waals surface area contributed by atoms with E-state index in [1.165, 1.54) is 0 Å². The van der Waals surface area contributed by atoms with Crippen molar-refractivity contribution in [2.45, 2.75) is 26.2 Å². The van der Waals surface area contributed by atoms with Crippen molar-refractivity contribution < 1.29 is 4.79 Å². The second-order valence-electron chi connectivity index (χ2n) is 4.27. The maximum Gasteiger partial charge on any atom is 0.164 e. The minimum atomic E-state index is 0.0429. The summed E-state index contributed by atoms with van der Waals surface area (Å²) in [5, 5.41) is 0.999. The molecule has 0 aliphatic rings. The zero-order valence-electron chi connectivity index (χ0n) is 9.88. The Morgan fingerprint density at radius 3 is 2.71 bits per heavy atom. The Morgan fingerprint density at radius 2 is 2.06 bits per heavy atom. The van der Waals surface area contributed by atoms with Gasteiger partial charge >= 0.3 is 0 Å². The summed E-state index contributed by atoms with van der Waals surface area (Å²) in [7, 11) is 0. The molecule has 0 radical (unpaired) electrons. The topological polar surface area (TPSA) is 43.1 Å². The van der Waals surface area contributed by atoms with Crippen molar-refractivity contribution in [3.63, 3.8) is 0 Å². The lowest BCUT2D eigenvalue weighted by Crippen LogP contribution is -2.08. The second-order valence-corrected chi connectivity index (χ2v) is 5.11. The highest BCUT2D eigenvalue weighted by molar-refractivity contribution is 6.35. The van der Waals surface area contributed by atoms with Crippen LogP contribution in [-0.4, -0.2) is 12.3 Å². The summed E-state index contributed by atoms with van der Waals surface area (Å²) in [6.07, 6.45) is 2.26. The van der Waals surface area contributed by atoms with Crippen molar-refractivity contribution in [1.82, 2.24) is 0 Å². The zero-order valence-corrected chi connectivity index (χ0v) is 11.4. The fourth-order valence-electron chi connectivity index (χ4n) is 1.65. The van der Waals surface area contributed by atoms with E-state index in [1.807, 2.05) is 0 Å². The lowest BCUT2D eigenvalue weighted by atomic mass is 9.97. The SMILES string of the molecule is CC(CCN)CCC(=O)c1cc(Cl)ccc1Cl. The number of Topliss-reactive ketones (excluding diaryl/α,β-unsaturated/α-hetero) is 1. The van der Waals surface area contributed by atoms with Gasteiger partial charge in [-0.15, -0.1) is 0 Å². The van der Waals surface area contributed by atoms with E-state index in [9.17, 15) is 4.79 Å². The van der Waals surface area contributed by atoms with Gasteiger partial charge in [0.05, 0.1) is 5.02 Å².